The van der Waals surface area contributed by atoms with Crippen LogP contribution < -0.4 is 0 Å². The normalized spacial score (nSPS) is 13.7. The van der Waals surface area contributed by atoms with Crippen molar-refractivity contribution in [3.8, 4) is 0 Å². The molecule has 114 valence electrons. The molecule has 0 N–H and O–H groups in total. The Morgan fingerprint density at radius 3 is 1.45 bits per heavy atom. The monoisotopic (exact) mass is 308 g/mol. The van der Waals surface area contributed by atoms with Crippen molar-refractivity contribution >= 4 is 20.7 Å². The van der Waals surface area contributed by atoms with Crippen LogP contribution in [0.4, 0.5) is 0 Å². The standard InChI is InChI=1S/C18H32SSi/c1-17(2,3)14-10-13(12-20(7,8)9)11-15(16(14)19)18(4,5)6/h10-11,19H,12H2,1-9H3. The zero-order valence-electron chi connectivity index (χ0n) is 14.8. The fourth-order valence-corrected chi connectivity index (χ4v) is 4.78. The van der Waals surface area contributed by atoms with E-state index in [2.05, 4.69) is 73.3 Å². The van der Waals surface area contributed by atoms with Crippen LogP contribution in [0.5, 0.6) is 0 Å². The lowest BCUT2D eigenvalue weighted by Gasteiger charge is -2.30. The van der Waals surface area contributed by atoms with Gasteiger partial charge in [0, 0.05) is 13.0 Å². The molecule has 2 heteroatoms. The average molecular weight is 309 g/mol. The Hall–Kier alpha value is -0.213. The number of hydrogen-bond donors (Lipinski definition) is 1. The van der Waals surface area contributed by atoms with Crippen molar-refractivity contribution in [2.45, 2.75) is 83.0 Å². The number of hydrogen-bond acceptors (Lipinski definition) is 1. The molecule has 0 radical (unpaired) electrons. The van der Waals surface area contributed by atoms with Crippen LogP contribution in [0.15, 0.2) is 17.0 Å². The molecule has 0 bridgehead atoms. The van der Waals surface area contributed by atoms with Gasteiger partial charge in [0.25, 0.3) is 0 Å². The predicted molar refractivity (Wildman–Crippen MR) is 98.1 cm³/mol. The Kier molecular flexibility index (Phi) is 4.93. The molecule has 0 atom stereocenters. The zero-order valence-corrected chi connectivity index (χ0v) is 16.7. The summed E-state index contributed by atoms with van der Waals surface area (Å²) in [5.41, 5.74) is 4.57. The van der Waals surface area contributed by atoms with E-state index in [0.29, 0.717) is 0 Å². The van der Waals surface area contributed by atoms with Gasteiger partial charge in [-0.15, -0.1) is 12.6 Å². The van der Waals surface area contributed by atoms with E-state index in [-0.39, 0.29) is 10.8 Å². The first-order valence-electron chi connectivity index (χ1n) is 7.59. The van der Waals surface area contributed by atoms with E-state index in [0.717, 1.165) is 0 Å². The van der Waals surface area contributed by atoms with E-state index in [4.69, 9.17) is 12.6 Å². The van der Waals surface area contributed by atoms with Crippen LogP contribution in [0.1, 0.15) is 58.2 Å². The van der Waals surface area contributed by atoms with Gasteiger partial charge in [-0.1, -0.05) is 78.9 Å². The molecule has 0 unspecified atom stereocenters. The second kappa shape index (κ2) is 5.53. The third-order valence-corrected chi connectivity index (χ3v) is 5.47. The Morgan fingerprint density at radius 2 is 1.20 bits per heavy atom. The van der Waals surface area contributed by atoms with E-state index in [1.54, 1.807) is 0 Å². The van der Waals surface area contributed by atoms with Gasteiger partial charge in [-0.25, -0.2) is 0 Å². The lowest BCUT2D eigenvalue weighted by Crippen LogP contribution is -2.26. The SMILES string of the molecule is CC(C)(C)c1cc(C[Si](C)(C)C)cc(C(C)(C)C)c1S. The van der Waals surface area contributed by atoms with E-state index >= 15 is 0 Å². The highest BCUT2D eigenvalue weighted by molar-refractivity contribution is 7.80. The fraction of sp³-hybridized carbons (Fsp3) is 0.667. The molecule has 0 amide bonds. The maximum absolute atomic E-state index is 4.87. The highest BCUT2D eigenvalue weighted by Gasteiger charge is 2.26. The second-order valence-corrected chi connectivity index (χ2v) is 15.2. The first-order valence-corrected chi connectivity index (χ1v) is 11.7. The minimum Gasteiger partial charge on any atom is -0.143 e. The summed E-state index contributed by atoms with van der Waals surface area (Å²) < 4.78 is 0. The van der Waals surface area contributed by atoms with Crippen molar-refractivity contribution in [1.82, 2.24) is 0 Å². The summed E-state index contributed by atoms with van der Waals surface area (Å²) in [5, 5.41) is 0. The highest BCUT2D eigenvalue weighted by atomic mass is 32.1. The summed E-state index contributed by atoms with van der Waals surface area (Å²) in [4.78, 5) is 1.18. The summed E-state index contributed by atoms with van der Waals surface area (Å²) in [6, 6.07) is 6.04. The molecule has 0 aromatic heterocycles. The first kappa shape index (κ1) is 17.8. The smallest absolute Gasteiger partial charge is 0.0487 e. The first-order chi connectivity index (χ1) is 8.72. The number of rotatable bonds is 2. The third kappa shape index (κ3) is 4.66. The van der Waals surface area contributed by atoms with Crippen molar-refractivity contribution in [2.75, 3.05) is 0 Å². The van der Waals surface area contributed by atoms with Crippen LogP contribution in [-0.4, -0.2) is 8.07 Å². The molecule has 0 aliphatic rings. The van der Waals surface area contributed by atoms with Crippen LogP contribution in [-0.2, 0) is 16.9 Å². The molecule has 0 aliphatic heterocycles. The van der Waals surface area contributed by atoms with Gasteiger partial charge in [0.15, 0.2) is 0 Å². The van der Waals surface area contributed by atoms with Crippen molar-refractivity contribution in [3.63, 3.8) is 0 Å². The van der Waals surface area contributed by atoms with Gasteiger partial charge in [0.05, 0.1) is 0 Å². The predicted octanol–water partition coefficient (Wildman–Crippen LogP) is 5.99. The van der Waals surface area contributed by atoms with Crippen LogP contribution in [0.25, 0.3) is 0 Å². The maximum Gasteiger partial charge on any atom is 0.0487 e. The van der Waals surface area contributed by atoms with E-state index in [9.17, 15) is 0 Å². The summed E-state index contributed by atoms with van der Waals surface area (Å²) in [7, 11) is -1.10. The molecule has 0 spiro atoms. The Bertz CT molecular complexity index is 447. The van der Waals surface area contributed by atoms with Crippen LogP contribution in [0, 0.1) is 0 Å². The van der Waals surface area contributed by atoms with Gasteiger partial charge in [-0.2, -0.15) is 0 Å². The maximum atomic E-state index is 4.87. The Balaban J connectivity index is 3.51. The number of benzene rings is 1. The molecule has 1 aromatic carbocycles. The number of thiol groups is 1. The van der Waals surface area contributed by atoms with Crippen molar-refractivity contribution < 1.29 is 0 Å². The molecular formula is C18H32SSi. The van der Waals surface area contributed by atoms with E-state index in [1.165, 1.54) is 27.6 Å². The largest absolute Gasteiger partial charge is 0.143 e. The van der Waals surface area contributed by atoms with Gasteiger partial charge < -0.3 is 0 Å². The molecule has 0 fully saturated rings. The van der Waals surface area contributed by atoms with Gasteiger partial charge in [-0.3, -0.25) is 0 Å². The fourth-order valence-electron chi connectivity index (χ4n) is 2.55. The van der Waals surface area contributed by atoms with Crippen LogP contribution in [0.2, 0.25) is 19.6 Å². The molecule has 20 heavy (non-hydrogen) atoms. The molecule has 0 saturated carbocycles. The molecule has 1 rings (SSSR count). The summed E-state index contributed by atoms with van der Waals surface area (Å²) in [6.07, 6.45) is 0. The molecule has 0 aliphatic carbocycles. The average Bonchev–Trinajstić information content (AvgIpc) is 2.14. The van der Waals surface area contributed by atoms with Gasteiger partial charge in [0.2, 0.25) is 0 Å². The molecule has 1 aromatic rings. The molecule has 0 nitrogen and oxygen atoms in total. The summed E-state index contributed by atoms with van der Waals surface area (Å²) >= 11 is 4.87. The van der Waals surface area contributed by atoms with Crippen LogP contribution in [0.3, 0.4) is 0 Å². The lowest BCUT2D eigenvalue weighted by atomic mass is 9.79. The Labute approximate surface area is 132 Å². The summed E-state index contributed by atoms with van der Waals surface area (Å²) in [5.74, 6) is 0. The summed E-state index contributed by atoms with van der Waals surface area (Å²) in [6.45, 7) is 21.0. The minimum atomic E-state index is -1.10. The second-order valence-electron chi connectivity index (χ2n) is 9.28. The quantitative estimate of drug-likeness (QED) is 0.503. The van der Waals surface area contributed by atoms with Gasteiger partial charge in [-0.05, 0) is 28.0 Å². The van der Waals surface area contributed by atoms with Crippen LogP contribution >= 0.6 is 12.6 Å². The third-order valence-electron chi connectivity index (χ3n) is 3.52. The van der Waals surface area contributed by atoms with E-state index in [1.807, 2.05) is 0 Å². The van der Waals surface area contributed by atoms with Crippen molar-refractivity contribution in [3.05, 3.63) is 28.8 Å². The Morgan fingerprint density at radius 1 is 0.850 bits per heavy atom. The van der Waals surface area contributed by atoms with E-state index < -0.39 is 8.07 Å². The van der Waals surface area contributed by atoms with Gasteiger partial charge in [0.1, 0.15) is 0 Å². The molecule has 0 saturated heterocycles. The topological polar surface area (TPSA) is 0 Å². The molecule has 0 heterocycles. The van der Waals surface area contributed by atoms with Crippen molar-refractivity contribution in [2.24, 2.45) is 0 Å². The zero-order chi connectivity index (χ0) is 15.9. The van der Waals surface area contributed by atoms with Crippen molar-refractivity contribution in [1.29, 1.82) is 0 Å². The highest BCUT2D eigenvalue weighted by Crippen LogP contribution is 2.37. The molecular weight excluding hydrogens is 276 g/mol. The lowest BCUT2D eigenvalue weighted by molar-refractivity contribution is 0.546. The van der Waals surface area contributed by atoms with Gasteiger partial charge >= 0.3 is 0 Å². The minimum absolute atomic E-state index is 0.145.